The highest BCUT2D eigenvalue weighted by Gasteiger charge is 2.39. The third-order valence-corrected chi connectivity index (χ3v) is 26.0. The van der Waals surface area contributed by atoms with Crippen LogP contribution in [0.3, 0.4) is 0 Å². The molecule has 582 valence electrons. The predicted molar refractivity (Wildman–Crippen MR) is 520 cm³/mol. The minimum absolute atomic E-state index is 0.0816. The van der Waals surface area contributed by atoms with E-state index in [-0.39, 0.29) is 10.8 Å². The molecule has 0 saturated carbocycles. The molecule has 0 fully saturated rings. The van der Waals surface area contributed by atoms with E-state index in [0.717, 1.165) is 148 Å². The molecule has 0 amide bonds. The zero-order valence-electron chi connectivity index (χ0n) is 67.5. The summed E-state index contributed by atoms with van der Waals surface area (Å²) >= 11 is 7.13. The van der Waals surface area contributed by atoms with Crippen LogP contribution in [-0.2, 0) is 10.8 Å². The minimum atomic E-state index is -0.356. The zero-order valence-corrected chi connectivity index (χ0v) is 70.7. The molecule has 0 spiro atoms. The first-order valence-corrected chi connectivity index (χ1v) is 43.1. The van der Waals surface area contributed by atoms with E-state index in [9.17, 15) is 0 Å². The summed E-state index contributed by atoms with van der Waals surface area (Å²) in [4.78, 5) is 4.74. The van der Waals surface area contributed by atoms with Gasteiger partial charge in [-0.05, 0) is 215 Å². The standard InChI is InChI=1S/C71H48N2O2.C28H19NO.C15H12Br2/c1-71(2)61-43-51(72(49-27-11-5-12-28-49)63-35-19-33-57-65-53-31-17-15-25-47(53)41-59(69(65)74-67(57)63)45-21-7-3-8-22-45)37-39-55(61)56-40-38-52(44-62(56)71)73(50-29-13-6-14-30-50)64-36-20-34-58-66-54-32-18-16-26-48(54)42-60(70(66)75-68(58)64)46-23-9-4-10-24-46;1-3-10-19(11-4-1)24-18-20-12-7-8-15-22(20)26-23-16-9-17-25(27(23)30-28(24)26)29-21-13-5-2-6-14-21;1-15(2)13-7-9(16)3-5-11(13)12-6-4-10(17)8-14(12)15/h3-44H,1-2H3;1-18,29H;3-8H,1-2H3. The molecule has 8 heteroatoms. The molecule has 2 aliphatic rings. The summed E-state index contributed by atoms with van der Waals surface area (Å²) in [6.45, 7) is 9.32. The van der Waals surface area contributed by atoms with E-state index < -0.39 is 0 Å². The lowest BCUT2D eigenvalue weighted by molar-refractivity contribution is 0.659. The number of rotatable bonds is 11. The molecule has 1 N–H and O–H groups in total. The van der Waals surface area contributed by atoms with Gasteiger partial charge < -0.3 is 28.4 Å². The molecule has 0 bridgehead atoms. The van der Waals surface area contributed by atoms with Gasteiger partial charge in [-0.15, -0.1) is 0 Å². The van der Waals surface area contributed by atoms with E-state index in [1.54, 1.807) is 0 Å². The largest absolute Gasteiger partial charge is 0.453 e. The first kappa shape index (κ1) is 74.0. The first-order chi connectivity index (χ1) is 59.9. The van der Waals surface area contributed by atoms with Gasteiger partial charge in [-0.2, -0.15) is 0 Å². The molecule has 3 heterocycles. The third-order valence-electron chi connectivity index (χ3n) is 25.0. The van der Waals surface area contributed by atoms with Gasteiger partial charge in [0.25, 0.3) is 0 Å². The van der Waals surface area contributed by atoms with Gasteiger partial charge in [0.05, 0.1) is 17.1 Å². The maximum absolute atomic E-state index is 7.23. The van der Waals surface area contributed by atoms with Gasteiger partial charge in [-0.25, -0.2) is 0 Å². The average molecular weight is 1700 g/mol. The van der Waals surface area contributed by atoms with Crippen LogP contribution in [0.5, 0.6) is 0 Å². The number of benzene rings is 19. The summed E-state index contributed by atoms with van der Waals surface area (Å²) in [7, 11) is 0. The molecule has 24 rings (SSSR count). The normalized spacial score (nSPS) is 12.8. The van der Waals surface area contributed by atoms with Gasteiger partial charge in [0.1, 0.15) is 16.7 Å². The van der Waals surface area contributed by atoms with Crippen LogP contribution in [0.15, 0.2) is 423 Å². The molecular weight excluding hydrogens is 1620 g/mol. The monoisotopic (exact) mass is 1700 g/mol. The van der Waals surface area contributed by atoms with Crippen molar-refractivity contribution in [2.45, 2.75) is 38.5 Å². The number of nitrogens with zero attached hydrogens (tertiary/aromatic N) is 2. The maximum atomic E-state index is 7.23. The van der Waals surface area contributed by atoms with Crippen molar-refractivity contribution in [3.8, 4) is 55.6 Å². The Morgan fingerprint density at radius 3 is 0.926 bits per heavy atom. The first-order valence-electron chi connectivity index (χ1n) is 41.6. The van der Waals surface area contributed by atoms with Crippen molar-refractivity contribution in [2.24, 2.45) is 0 Å². The molecule has 122 heavy (non-hydrogen) atoms. The van der Waals surface area contributed by atoms with Gasteiger partial charge in [0.2, 0.25) is 0 Å². The number of furan rings is 3. The Balaban J connectivity index is 0.000000153. The van der Waals surface area contributed by atoms with Crippen molar-refractivity contribution in [1.82, 2.24) is 0 Å². The number of anilines is 8. The van der Waals surface area contributed by atoms with Crippen LogP contribution < -0.4 is 15.1 Å². The minimum Gasteiger partial charge on any atom is -0.453 e. The van der Waals surface area contributed by atoms with Crippen molar-refractivity contribution >= 4 is 175 Å². The molecule has 0 radical (unpaired) electrons. The number of halogens is 2. The van der Waals surface area contributed by atoms with Crippen LogP contribution in [0.4, 0.5) is 45.5 Å². The van der Waals surface area contributed by atoms with Crippen LogP contribution in [0.1, 0.15) is 49.9 Å². The SMILES string of the molecule is CC1(C)c2cc(Br)ccc2-c2ccc(Br)cc21.CC1(C)c2cc(N(c3ccccc3)c3cccc4c3oc3c(-c5ccccc5)cc5ccccc5c34)ccc2-c2ccc(N(c3ccccc3)c3cccc4c3oc3c(-c5ccccc5)cc5ccccc5c34)cc21.c1ccc(Nc2cccc3c2oc2c(-c4ccccc4)cc4ccccc4c23)cc1. The van der Waals surface area contributed by atoms with Gasteiger partial charge in [-0.3, -0.25) is 0 Å². The molecule has 0 saturated heterocycles. The molecule has 0 unspecified atom stereocenters. The van der Waals surface area contributed by atoms with Crippen molar-refractivity contribution < 1.29 is 13.3 Å². The number of para-hydroxylation sites is 6. The number of fused-ring (bicyclic) bond motifs is 21. The Morgan fingerprint density at radius 1 is 0.238 bits per heavy atom. The highest BCUT2D eigenvalue weighted by molar-refractivity contribution is 9.10. The summed E-state index contributed by atoms with van der Waals surface area (Å²) in [6.07, 6.45) is 0. The van der Waals surface area contributed by atoms with E-state index in [1.807, 2.05) is 24.3 Å². The highest BCUT2D eigenvalue weighted by Crippen LogP contribution is 2.56. The average Bonchev–Trinajstić information content (AvgIpc) is 1.56. The second-order valence-electron chi connectivity index (χ2n) is 32.9. The summed E-state index contributed by atoms with van der Waals surface area (Å²) in [5.74, 6) is 0. The second-order valence-corrected chi connectivity index (χ2v) is 34.7. The summed E-state index contributed by atoms with van der Waals surface area (Å²) in [5.41, 5.74) is 30.5. The summed E-state index contributed by atoms with van der Waals surface area (Å²) in [6, 6.07) is 143. The van der Waals surface area contributed by atoms with Crippen LogP contribution in [-0.4, -0.2) is 0 Å². The molecular formula is C114H79Br2N3O3. The smallest absolute Gasteiger partial charge is 0.159 e. The Kier molecular flexibility index (Phi) is 18.1. The zero-order chi connectivity index (χ0) is 81.9. The van der Waals surface area contributed by atoms with Crippen LogP contribution in [0, 0.1) is 0 Å². The lowest BCUT2D eigenvalue weighted by Gasteiger charge is -2.29. The second kappa shape index (κ2) is 29.9. The topological polar surface area (TPSA) is 57.9 Å². The number of nitrogens with one attached hydrogen (secondary N) is 1. The highest BCUT2D eigenvalue weighted by atomic mass is 79.9. The van der Waals surface area contributed by atoms with Gasteiger partial charge in [0.15, 0.2) is 16.7 Å². The van der Waals surface area contributed by atoms with Crippen molar-refractivity contribution in [3.63, 3.8) is 0 Å². The van der Waals surface area contributed by atoms with E-state index in [0.29, 0.717) is 0 Å². The van der Waals surface area contributed by atoms with Crippen LogP contribution in [0.2, 0.25) is 0 Å². The van der Waals surface area contributed by atoms with E-state index in [2.05, 4.69) is 451 Å². The summed E-state index contributed by atoms with van der Waals surface area (Å²) < 4.78 is 23.3. The third kappa shape index (κ3) is 12.5. The fourth-order valence-corrected chi connectivity index (χ4v) is 19.9. The number of hydrogen-bond acceptors (Lipinski definition) is 6. The van der Waals surface area contributed by atoms with Crippen molar-refractivity contribution in [3.05, 3.63) is 432 Å². The van der Waals surface area contributed by atoms with Crippen molar-refractivity contribution in [2.75, 3.05) is 15.1 Å². The lowest BCUT2D eigenvalue weighted by Crippen LogP contribution is -2.17. The van der Waals surface area contributed by atoms with Crippen molar-refractivity contribution in [1.29, 1.82) is 0 Å². The Hall–Kier alpha value is -14.3. The van der Waals surface area contributed by atoms with E-state index >= 15 is 0 Å². The predicted octanol–water partition coefficient (Wildman–Crippen LogP) is 34.0. The van der Waals surface area contributed by atoms with Gasteiger partial charge >= 0.3 is 0 Å². The van der Waals surface area contributed by atoms with Gasteiger partial charge in [-0.1, -0.05) is 339 Å². The Bertz CT molecular complexity index is 7530. The molecule has 0 aliphatic heterocycles. The summed E-state index contributed by atoms with van der Waals surface area (Å²) in [5, 5.41) is 17.4. The molecule has 2 aliphatic carbocycles. The lowest BCUT2D eigenvalue weighted by atomic mass is 9.82. The molecule has 19 aromatic carbocycles. The Morgan fingerprint density at radius 2 is 0.541 bits per heavy atom. The van der Waals surface area contributed by atoms with E-state index in [1.165, 1.54) is 82.2 Å². The number of hydrogen-bond donors (Lipinski definition) is 1. The molecule has 3 aromatic heterocycles. The maximum Gasteiger partial charge on any atom is 0.159 e. The molecule has 6 nitrogen and oxygen atoms in total. The quantitative estimate of drug-likeness (QED) is 0.139. The fourth-order valence-electron chi connectivity index (χ4n) is 19.2. The van der Waals surface area contributed by atoms with Crippen LogP contribution >= 0.6 is 31.9 Å². The molecule has 0 atom stereocenters. The van der Waals surface area contributed by atoms with E-state index in [4.69, 9.17) is 13.3 Å². The fraction of sp³-hybridized carbons (Fsp3) is 0.0526. The van der Waals surface area contributed by atoms with Gasteiger partial charge in [0, 0.05) is 97.2 Å². The molecule has 22 aromatic rings. The Labute approximate surface area is 724 Å². The van der Waals surface area contributed by atoms with Crippen LogP contribution in [0.25, 0.3) is 154 Å².